The van der Waals surface area contributed by atoms with Gasteiger partial charge in [-0.25, -0.2) is 0 Å². The summed E-state index contributed by atoms with van der Waals surface area (Å²) in [6, 6.07) is 6.25. The summed E-state index contributed by atoms with van der Waals surface area (Å²) in [4.78, 5) is 22.5. The number of anilines is 1. The van der Waals surface area contributed by atoms with Crippen molar-refractivity contribution in [2.75, 3.05) is 12.4 Å². The topological polar surface area (TPSA) is 81.5 Å². The number of amides is 1. The first-order valence-corrected chi connectivity index (χ1v) is 7.02. The van der Waals surface area contributed by atoms with Crippen molar-refractivity contribution in [1.82, 2.24) is 0 Å². The quantitative estimate of drug-likeness (QED) is 0.629. The summed E-state index contributed by atoms with van der Waals surface area (Å²) in [7, 11) is 1.30. The number of carbonyl (C=O) groups is 1. The summed E-state index contributed by atoms with van der Waals surface area (Å²) >= 11 is 5.50. The summed E-state index contributed by atoms with van der Waals surface area (Å²) in [5.74, 6) is -0.774. The first kappa shape index (κ1) is 18.5. The number of nitrogens with zero attached hydrogens (tertiary/aromatic N) is 1. The lowest BCUT2D eigenvalue weighted by Crippen LogP contribution is -2.15. The van der Waals surface area contributed by atoms with Crippen LogP contribution in [0.25, 0.3) is 0 Å². The Labute approximate surface area is 144 Å². The minimum absolute atomic E-state index is 0.183. The molecule has 0 aliphatic rings. The Kier molecular flexibility index (Phi) is 5.17. The summed E-state index contributed by atoms with van der Waals surface area (Å²) in [5.41, 5.74) is -2.21. The van der Waals surface area contributed by atoms with Crippen molar-refractivity contribution in [3.63, 3.8) is 0 Å². The number of rotatable bonds is 4. The van der Waals surface area contributed by atoms with Gasteiger partial charge in [0.1, 0.15) is 11.3 Å². The molecule has 0 radical (unpaired) electrons. The number of benzene rings is 2. The molecule has 0 bridgehead atoms. The van der Waals surface area contributed by atoms with E-state index >= 15 is 0 Å². The SMILES string of the molecule is COc1ccc([N+](=O)[O-])c(C(=O)Nc2ccc(Cl)c(C(F)(F)F)c2)c1. The van der Waals surface area contributed by atoms with Gasteiger partial charge in [-0.2, -0.15) is 13.2 Å². The third kappa shape index (κ3) is 4.18. The highest BCUT2D eigenvalue weighted by Gasteiger charge is 2.33. The van der Waals surface area contributed by atoms with Gasteiger partial charge in [-0.3, -0.25) is 14.9 Å². The zero-order chi connectivity index (χ0) is 18.8. The molecule has 0 fully saturated rings. The predicted octanol–water partition coefficient (Wildman–Crippen LogP) is 4.53. The molecule has 2 aromatic rings. The highest BCUT2D eigenvalue weighted by atomic mass is 35.5. The molecule has 0 atom stereocenters. The molecule has 10 heteroatoms. The number of halogens is 4. The minimum Gasteiger partial charge on any atom is -0.497 e. The van der Waals surface area contributed by atoms with Crippen molar-refractivity contribution in [3.05, 3.63) is 62.7 Å². The number of hydrogen-bond donors (Lipinski definition) is 1. The lowest BCUT2D eigenvalue weighted by atomic mass is 10.1. The molecule has 0 heterocycles. The zero-order valence-electron chi connectivity index (χ0n) is 12.6. The monoisotopic (exact) mass is 374 g/mol. The van der Waals surface area contributed by atoms with E-state index in [0.29, 0.717) is 6.07 Å². The van der Waals surface area contributed by atoms with Crippen LogP contribution in [-0.4, -0.2) is 17.9 Å². The highest BCUT2D eigenvalue weighted by molar-refractivity contribution is 6.31. The third-order valence-electron chi connectivity index (χ3n) is 3.17. The molecule has 0 saturated heterocycles. The van der Waals surface area contributed by atoms with Crippen LogP contribution in [0.4, 0.5) is 24.5 Å². The van der Waals surface area contributed by atoms with Crippen LogP contribution in [0.2, 0.25) is 5.02 Å². The summed E-state index contributed by atoms with van der Waals surface area (Å²) in [6.45, 7) is 0. The van der Waals surface area contributed by atoms with Crippen LogP contribution in [0.15, 0.2) is 36.4 Å². The Balaban J connectivity index is 2.39. The number of ether oxygens (including phenoxy) is 1. The number of hydrogen-bond acceptors (Lipinski definition) is 4. The second kappa shape index (κ2) is 6.98. The number of nitro benzene ring substituents is 1. The first-order chi connectivity index (χ1) is 11.6. The average molecular weight is 375 g/mol. The van der Waals surface area contributed by atoms with Crippen LogP contribution in [-0.2, 0) is 6.18 Å². The summed E-state index contributed by atoms with van der Waals surface area (Å²) < 4.78 is 43.5. The molecule has 0 aliphatic carbocycles. The van der Waals surface area contributed by atoms with E-state index in [2.05, 4.69) is 5.32 Å². The Morgan fingerprint density at radius 3 is 2.48 bits per heavy atom. The Bertz CT molecular complexity index is 840. The van der Waals surface area contributed by atoms with Crippen molar-refractivity contribution in [1.29, 1.82) is 0 Å². The average Bonchev–Trinajstić information content (AvgIpc) is 2.54. The van der Waals surface area contributed by atoms with Gasteiger partial charge in [-0.05, 0) is 30.3 Å². The molecule has 2 rings (SSSR count). The fraction of sp³-hybridized carbons (Fsp3) is 0.133. The maximum atomic E-state index is 12.9. The van der Waals surface area contributed by atoms with Gasteiger partial charge < -0.3 is 10.1 Å². The van der Waals surface area contributed by atoms with Crippen LogP contribution in [0.5, 0.6) is 5.75 Å². The third-order valence-corrected chi connectivity index (χ3v) is 3.50. The molecule has 132 valence electrons. The fourth-order valence-corrected chi connectivity index (χ4v) is 2.23. The van der Waals surface area contributed by atoms with Gasteiger partial charge >= 0.3 is 6.18 Å². The maximum absolute atomic E-state index is 12.9. The second-order valence-electron chi connectivity index (χ2n) is 4.79. The van der Waals surface area contributed by atoms with Crippen molar-refractivity contribution >= 4 is 28.9 Å². The molecule has 25 heavy (non-hydrogen) atoms. The van der Waals surface area contributed by atoms with Crippen LogP contribution in [0, 0.1) is 10.1 Å². The Hall–Kier alpha value is -2.81. The smallest absolute Gasteiger partial charge is 0.417 e. The molecular formula is C15H10ClF3N2O4. The molecule has 0 spiro atoms. The second-order valence-corrected chi connectivity index (χ2v) is 5.19. The number of nitro groups is 1. The van der Waals surface area contributed by atoms with Gasteiger partial charge in [0, 0.05) is 11.8 Å². The normalized spacial score (nSPS) is 11.1. The fourth-order valence-electron chi connectivity index (χ4n) is 2.00. The molecule has 1 amide bonds. The van der Waals surface area contributed by atoms with E-state index in [4.69, 9.17) is 16.3 Å². The Morgan fingerprint density at radius 1 is 1.24 bits per heavy atom. The molecule has 1 N–H and O–H groups in total. The molecule has 0 aliphatic heterocycles. The van der Waals surface area contributed by atoms with E-state index in [1.54, 1.807) is 0 Å². The van der Waals surface area contributed by atoms with E-state index in [1.165, 1.54) is 13.2 Å². The number of nitrogens with one attached hydrogen (secondary N) is 1. The van der Waals surface area contributed by atoms with Crippen LogP contribution in [0.3, 0.4) is 0 Å². The van der Waals surface area contributed by atoms with E-state index < -0.39 is 33.3 Å². The first-order valence-electron chi connectivity index (χ1n) is 6.64. The van der Waals surface area contributed by atoms with Gasteiger partial charge in [0.2, 0.25) is 0 Å². The van der Waals surface area contributed by atoms with Gasteiger partial charge in [0.05, 0.1) is 22.6 Å². The van der Waals surface area contributed by atoms with Gasteiger partial charge in [-0.1, -0.05) is 11.6 Å². The van der Waals surface area contributed by atoms with E-state index in [9.17, 15) is 28.1 Å². The van der Waals surface area contributed by atoms with E-state index in [0.717, 1.165) is 24.3 Å². The van der Waals surface area contributed by atoms with Crippen LogP contribution in [0.1, 0.15) is 15.9 Å². The van der Waals surface area contributed by atoms with Crippen molar-refractivity contribution in [3.8, 4) is 5.75 Å². The van der Waals surface area contributed by atoms with Crippen molar-refractivity contribution in [2.24, 2.45) is 0 Å². The molecule has 0 saturated carbocycles. The largest absolute Gasteiger partial charge is 0.497 e. The number of carbonyl (C=O) groups excluding carboxylic acids is 1. The van der Waals surface area contributed by atoms with Crippen molar-refractivity contribution < 1.29 is 27.6 Å². The van der Waals surface area contributed by atoms with Crippen LogP contribution < -0.4 is 10.1 Å². The maximum Gasteiger partial charge on any atom is 0.417 e. The summed E-state index contributed by atoms with van der Waals surface area (Å²) in [5, 5.41) is 12.7. The lowest BCUT2D eigenvalue weighted by molar-refractivity contribution is -0.385. The lowest BCUT2D eigenvalue weighted by Gasteiger charge is -2.12. The molecular weight excluding hydrogens is 365 g/mol. The molecule has 2 aromatic carbocycles. The molecule has 0 unspecified atom stereocenters. The Morgan fingerprint density at radius 2 is 1.92 bits per heavy atom. The zero-order valence-corrected chi connectivity index (χ0v) is 13.3. The van der Waals surface area contributed by atoms with E-state index in [1.807, 2.05) is 0 Å². The van der Waals surface area contributed by atoms with Gasteiger partial charge in [0.25, 0.3) is 11.6 Å². The van der Waals surface area contributed by atoms with Gasteiger partial charge in [0.15, 0.2) is 0 Å². The molecule has 0 aromatic heterocycles. The predicted molar refractivity (Wildman–Crippen MR) is 84.1 cm³/mol. The van der Waals surface area contributed by atoms with E-state index in [-0.39, 0.29) is 17.0 Å². The van der Waals surface area contributed by atoms with Crippen LogP contribution >= 0.6 is 11.6 Å². The molecule has 6 nitrogen and oxygen atoms in total. The van der Waals surface area contributed by atoms with Gasteiger partial charge in [-0.15, -0.1) is 0 Å². The minimum atomic E-state index is -4.71. The summed E-state index contributed by atoms with van der Waals surface area (Å²) in [6.07, 6.45) is -4.71. The highest BCUT2D eigenvalue weighted by Crippen LogP contribution is 2.36. The van der Waals surface area contributed by atoms with Crippen molar-refractivity contribution in [2.45, 2.75) is 6.18 Å². The number of alkyl halides is 3. The standard InChI is InChI=1S/C15H10ClF3N2O4/c1-25-9-3-5-13(21(23)24)10(7-9)14(22)20-8-2-4-12(16)11(6-8)15(17,18)19/h2-7H,1H3,(H,20,22). The number of methoxy groups -OCH3 is 1.